The van der Waals surface area contributed by atoms with E-state index >= 15 is 0 Å². The topological polar surface area (TPSA) is 72.5 Å². The molecule has 0 aromatic heterocycles. The van der Waals surface area contributed by atoms with E-state index in [0.29, 0.717) is 11.4 Å². The summed E-state index contributed by atoms with van der Waals surface area (Å²) in [7, 11) is 0. The first-order valence-corrected chi connectivity index (χ1v) is 6.77. The van der Waals surface area contributed by atoms with Crippen molar-refractivity contribution in [2.24, 2.45) is 0 Å². The van der Waals surface area contributed by atoms with E-state index < -0.39 is 11.6 Å². The van der Waals surface area contributed by atoms with Crippen molar-refractivity contribution in [3.8, 4) is 17.6 Å². The second-order valence-corrected chi connectivity index (χ2v) is 5.32. The molecule has 0 fully saturated rings. The number of carbonyl (C=O) groups is 1. The van der Waals surface area contributed by atoms with Gasteiger partial charge in [0.15, 0.2) is 5.60 Å². The minimum atomic E-state index is -1.27. The number of carboxylic acid groups (broad SMARTS) is 1. The monoisotopic (exact) mass is 295 g/mol. The number of benzene rings is 2. The molecule has 0 amide bonds. The van der Waals surface area contributed by atoms with Gasteiger partial charge in [-0.15, -0.1) is 0 Å². The Balaban J connectivity index is 2.12. The molecular weight excluding hydrogens is 278 g/mol. The number of rotatable bonds is 3. The third-order valence-corrected chi connectivity index (χ3v) is 2.98. The van der Waals surface area contributed by atoms with Crippen molar-refractivity contribution in [2.75, 3.05) is 5.73 Å². The highest BCUT2D eigenvalue weighted by Gasteiger charge is 2.29. The molecule has 0 aliphatic rings. The fraction of sp³-hybridized carbons (Fsp3) is 0.167. The lowest BCUT2D eigenvalue weighted by Crippen LogP contribution is -2.37. The summed E-state index contributed by atoms with van der Waals surface area (Å²) < 4.78 is 5.43. The van der Waals surface area contributed by atoms with Crippen LogP contribution in [0.1, 0.15) is 25.0 Å². The van der Waals surface area contributed by atoms with E-state index in [9.17, 15) is 4.79 Å². The van der Waals surface area contributed by atoms with E-state index in [4.69, 9.17) is 15.6 Å². The molecular formula is C18H17NO3. The smallest absolute Gasteiger partial charge is 0.347 e. The summed E-state index contributed by atoms with van der Waals surface area (Å²) >= 11 is 0. The first-order chi connectivity index (χ1) is 10.4. The van der Waals surface area contributed by atoms with Crippen LogP contribution in [-0.4, -0.2) is 16.7 Å². The molecule has 0 saturated heterocycles. The van der Waals surface area contributed by atoms with Crippen molar-refractivity contribution in [1.29, 1.82) is 0 Å². The Morgan fingerprint density at radius 3 is 2.32 bits per heavy atom. The summed E-state index contributed by atoms with van der Waals surface area (Å²) in [4.78, 5) is 11.0. The van der Waals surface area contributed by atoms with Crippen molar-refractivity contribution >= 4 is 11.7 Å². The maximum atomic E-state index is 11.0. The first-order valence-electron chi connectivity index (χ1n) is 6.77. The maximum Gasteiger partial charge on any atom is 0.347 e. The van der Waals surface area contributed by atoms with Gasteiger partial charge in [-0.2, -0.15) is 0 Å². The predicted molar refractivity (Wildman–Crippen MR) is 85.6 cm³/mol. The number of nitrogen functional groups attached to an aromatic ring is 1. The van der Waals surface area contributed by atoms with Crippen LogP contribution in [-0.2, 0) is 4.79 Å². The van der Waals surface area contributed by atoms with Crippen LogP contribution in [0.3, 0.4) is 0 Å². The zero-order valence-corrected chi connectivity index (χ0v) is 12.5. The minimum absolute atomic E-state index is 0.488. The summed E-state index contributed by atoms with van der Waals surface area (Å²) in [6.45, 7) is 3.01. The number of nitrogens with two attached hydrogens (primary N) is 1. The van der Waals surface area contributed by atoms with Gasteiger partial charge in [0.1, 0.15) is 5.75 Å². The summed E-state index contributed by atoms with van der Waals surface area (Å²) in [5, 5.41) is 9.03. The van der Waals surface area contributed by atoms with E-state index in [1.165, 1.54) is 13.8 Å². The Morgan fingerprint density at radius 2 is 1.73 bits per heavy atom. The number of anilines is 1. The second kappa shape index (κ2) is 6.23. The van der Waals surface area contributed by atoms with Gasteiger partial charge in [0, 0.05) is 16.8 Å². The van der Waals surface area contributed by atoms with Crippen molar-refractivity contribution in [1.82, 2.24) is 0 Å². The Morgan fingerprint density at radius 1 is 1.09 bits per heavy atom. The lowest BCUT2D eigenvalue weighted by Gasteiger charge is -2.21. The lowest BCUT2D eigenvalue weighted by atomic mass is 10.1. The van der Waals surface area contributed by atoms with Gasteiger partial charge in [-0.3, -0.25) is 0 Å². The molecule has 0 spiro atoms. The summed E-state index contributed by atoms with van der Waals surface area (Å²) in [5.74, 6) is 5.52. The lowest BCUT2D eigenvalue weighted by molar-refractivity contribution is -0.152. The van der Waals surface area contributed by atoms with E-state index in [2.05, 4.69) is 11.8 Å². The number of ether oxygens (including phenoxy) is 1. The van der Waals surface area contributed by atoms with Crippen LogP contribution in [0.4, 0.5) is 5.69 Å². The Bertz CT molecular complexity index is 737. The molecule has 22 heavy (non-hydrogen) atoms. The third-order valence-electron chi connectivity index (χ3n) is 2.98. The Hall–Kier alpha value is -2.93. The molecule has 112 valence electrons. The average Bonchev–Trinajstić information content (AvgIpc) is 2.46. The quantitative estimate of drug-likeness (QED) is 0.674. The van der Waals surface area contributed by atoms with Gasteiger partial charge in [-0.05, 0) is 56.3 Å². The van der Waals surface area contributed by atoms with Crippen LogP contribution < -0.4 is 10.5 Å². The molecule has 2 aromatic carbocycles. The Kier molecular flexibility index (Phi) is 4.38. The van der Waals surface area contributed by atoms with Gasteiger partial charge in [-0.1, -0.05) is 17.9 Å². The molecule has 3 N–H and O–H groups in total. The van der Waals surface area contributed by atoms with Gasteiger partial charge in [-0.25, -0.2) is 4.79 Å². The van der Waals surface area contributed by atoms with Crippen LogP contribution in [0.25, 0.3) is 0 Å². The van der Waals surface area contributed by atoms with E-state index in [-0.39, 0.29) is 0 Å². The molecule has 4 heteroatoms. The zero-order chi connectivity index (χ0) is 16.2. The van der Waals surface area contributed by atoms with Crippen LogP contribution in [0.2, 0.25) is 0 Å². The number of aliphatic carboxylic acids is 1. The third kappa shape index (κ3) is 4.03. The van der Waals surface area contributed by atoms with Gasteiger partial charge in [0.2, 0.25) is 0 Å². The molecule has 0 heterocycles. The highest BCUT2D eigenvalue weighted by atomic mass is 16.5. The van der Waals surface area contributed by atoms with Gasteiger partial charge < -0.3 is 15.6 Å². The van der Waals surface area contributed by atoms with Crippen LogP contribution >= 0.6 is 0 Å². The van der Waals surface area contributed by atoms with Crippen LogP contribution in [0.5, 0.6) is 5.75 Å². The summed E-state index contributed by atoms with van der Waals surface area (Å²) in [6, 6.07) is 14.3. The summed E-state index contributed by atoms with van der Waals surface area (Å²) in [6.07, 6.45) is 0. The molecule has 0 radical (unpaired) electrons. The van der Waals surface area contributed by atoms with E-state index in [1.807, 2.05) is 18.2 Å². The maximum absolute atomic E-state index is 11.0. The molecule has 0 aliphatic heterocycles. The zero-order valence-electron chi connectivity index (χ0n) is 12.5. The highest BCUT2D eigenvalue weighted by molar-refractivity contribution is 5.76. The molecule has 0 saturated carbocycles. The molecule has 4 nitrogen and oxygen atoms in total. The minimum Gasteiger partial charge on any atom is -0.478 e. The van der Waals surface area contributed by atoms with Gasteiger partial charge >= 0.3 is 5.97 Å². The first kappa shape index (κ1) is 15.5. The molecule has 2 aromatic rings. The summed E-state index contributed by atoms with van der Waals surface area (Å²) in [5.41, 5.74) is 6.75. The molecule has 0 bridgehead atoms. The average molecular weight is 295 g/mol. The van der Waals surface area contributed by atoms with Crippen molar-refractivity contribution in [3.63, 3.8) is 0 Å². The van der Waals surface area contributed by atoms with E-state index in [1.54, 1.807) is 30.3 Å². The van der Waals surface area contributed by atoms with Crippen LogP contribution in [0, 0.1) is 11.8 Å². The van der Waals surface area contributed by atoms with Gasteiger partial charge in [0.05, 0.1) is 0 Å². The number of hydrogen-bond acceptors (Lipinski definition) is 3. The molecule has 0 unspecified atom stereocenters. The van der Waals surface area contributed by atoms with Crippen molar-refractivity contribution < 1.29 is 14.6 Å². The van der Waals surface area contributed by atoms with Crippen molar-refractivity contribution in [3.05, 3.63) is 59.7 Å². The SMILES string of the molecule is CC(C)(Oc1ccc(C#Cc2cccc(N)c2)cc1)C(=O)O. The van der Waals surface area contributed by atoms with Crippen molar-refractivity contribution in [2.45, 2.75) is 19.4 Å². The predicted octanol–water partition coefficient (Wildman–Crippen LogP) is 2.91. The molecule has 0 atom stereocenters. The molecule has 0 aliphatic carbocycles. The second-order valence-electron chi connectivity index (χ2n) is 5.32. The fourth-order valence-corrected chi connectivity index (χ4v) is 1.71. The normalized spacial score (nSPS) is 10.5. The Labute approximate surface area is 129 Å². The number of carboxylic acids is 1. The fourth-order valence-electron chi connectivity index (χ4n) is 1.71. The van der Waals surface area contributed by atoms with Gasteiger partial charge in [0.25, 0.3) is 0 Å². The number of hydrogen-bond donors (Lipinski definition) is 2. The largest absolute Gasteiger partial charge is 0.478 e. The standard InChI is InChI=1S/C18H17NO3/c1-18(2,17(20)21)22-16-10-8-13(9-11-16)6-7-14-4-3-5-15(19)12-14/h3-5,8-12H,19H2,1-2H3,(H,20,21). The van der Waals surface area contributed by atoms with E-state index in [0.717, 1.165) is 11.1 Å². The van der Waals surface area contributed by atoms with Crippen LogP contribution in [0.15, 0.2) is 48.5 Å². The molecule has 2 rings (SSSR count). The highest BCUT2D eigenvalue weighted by Crippen LogP contribution is 2.19.